The minimum absolute atomic E-state index is 0.142. The number of anilines is 1. The highest BCUT2D eigenvalue weighted by Gasteiger charge is 2.45. The third-order valence-electron chi connectivity index (χ3n) is 6.62. The lowest BCUT2D eigenvalue weighted by Gasteiger charge is -2.24. The van der Waals surface area contributed by atoms with Crippen molar-refractivity contribution in [3.05, 3.63) is 106 Å². The van der Waals surface area contributed by atoms with Gasteiger partial charge >= 0.3 is 0 Å². The molecule has 1 unspecified atom stereocenters. The molecule has 2 heterocycles. The highest BCUT2D eigenvalue weighted by molar-refractivity contribution is 7.22. The Morgan fingerprint density at radius 3 is 2.56 bits per heavy atom. The van der Waals surface area contributed by atoms with E-state index in [-0.39, 0.29) is 17.8 Å². The normalized spacial score (nSPS) is 15.9. The summed E-state index contributed by atoms with van der Waals surface area (Å²) in [6.45, 7) is 6.24. The molecule has 1 atom stereocenters. The zero-order chi connectivity index (χ0) is 25.4. The lowest BCUT2D eigenvalue weighted by Crippen LogP contribution is -2.31. The number of hydrogen-bond donors (Lipinski definition) is 1. The lowest BCUT2D eigenvalue weighted by atomic mass is 9.92. The molecular formula is C30H28N2O3S. The topological polar surface area (TPSA) is 70.5 Å². The highest BCUT2D eigenvalue weighted by Crippen LogP contribution is 2.44. The molecule has 0 fully saturated rings. The number of aliphatic hydroxyl groups is 1. The summed E-state index contributed by atoms with van der Waals surface area (Å²) in [6.07, 6.45) is 0.731. The summed E-state index contributed by atoms with van der Waals surface area (Å²) in [5, 5.41) is 11.5. The Bertz CT molecular complexity index is 1490. The number of fused-ring (bicyclic) bond motifs is 1. The van der Waals surface area contributed by atoms with Crippen LogP contribution in [0.15, 0.2) is 84.1 Å². The second kappa shape index (κ2) is 9.70. The molecular weight excluding hydrogens is 468 g/mol. The predicted molar refractivity (Wildman–Crippen MR) is 145 cm³/mol. The molecule has 0 saturated heterocycles. The first-order valence-corrected chi connectivity index (χ1v) is 13.0. The number of carbonyl (C=O) groups is 2. The minimum atomic E-state index is -0.731. The third kappa shape index (κ3) is 4.44. The quantitative estimate of drug-likeness (QED) is 0.304. The maximum Gasteiger partial charge on any atom is 0.296 e. The van der Waals surface area contributed by atoms with E-state index in [1.165, 1.54) is 21.8 Å². The molecule has 1 aromatic heterocycles. The van der Waals surface area contributed by atoms with Crippen molar-refractivity contribution in [3.8, 4) is 0 Å². The fourth-order valence-electron chi connectivity index (χ4n) is 4.67. The fraction of sp³-hybridized carbons (Fsp3) is 0.233. The van der Waals surface area contributed by atoms with Crippen molar-refractivity contribution in [1.82, 2.24) is 4.98 Å². The van der Waals surface area contributed by atoms with Crippen molar-refractivity contribution >= 4 is 38.4 Å². The number of Topliss-reactive ketones (excluding diaryl/α,β-unsaturated/α-hetero) is 1. The Morgan fingerprint density at radius 2 is 1.83 bits per heavy atom. The molecule has 5 rings (SSSR count). The van der Waals surface area contributed by atoms with Gasteiger partial charge in [0.2, 0.25) is 0 Å². The molecule has 6 heteroatoms. The van der Waals surface area contributed by atoms with Gasteiger partial charge in [0.05, 0.1) is 21.8 Å². The number of ketones is 1. The summed E-state index contributed by atoms with van der Waals surface area (Å²) in [4.78, 5) is 33.2. The Morgan fingerprint density at radius 1 is 1.06 bits per heavy atom. The van der Waals surface area contributed by atoms with Gasteiger partial charge in [0.25, 0.3) is 5.91 Å². The van der Waals surface area contributed by atoms with Gasteiger partial charge in [-0.3, -0.25) is 14.5 Å². The maximum atomic E-state index is 13.5. The van der Waals surface area contributed by atoms with E-state index in [0.29, 0.717) is 17.5 Å². The van der Waals surface area contributed by atoms with Crippen LogP contribution in [-0.2, 0) is 16.0 Å². The van der Waals surface area contributed by atoms with Gasteiger partial charge in [-0.05, 0) is 48.1 Å². The van der Waals surface area contributed by atoms with Crippen LogP contribution < -0.4 is 4.90 Å². The molecule has 0 radical (unpaired) electrons. The van der Waals surface area contributed by atoms with Crippen LogP contribution in [0, 0.1) is 6.92 Å². The van der Waals surface area contributed by atoms with Crippen LogP contribution in [0.1, 0.15) is 54.5 Å². The number of amides is 1. The second-order valence-corrected chi connectivity index (χ2v) is 10.6. The first-order valence-electron chi connectivity index (χ1n) is 12.1. The van der Waals surface area contributed by atoms with E-state index in [1.807, 2.05) is 67.6 Å². The Kier molecular flexibility index (Phi) is 6.46. The highest BCUT2D eigenvalue weighted by atomic mass is 32.1. The van der Waals surface area contributed by atoms with Gasteiger partial charge in [-0.15, -0.1) is 0 Å². The van der Waals surface area contributed by atoms with Crippen LogP contribution in [-0.4, -0.2) is 21.8 Å². The number of aromatic nitrogens is 1. The average Bonchev–Trinajstić information content (AvgIpc) is 3.41. The monoisotopic (exact) mass is 496 g/mol. The molecule has 0 saturated carbocycles. The molecule has 5 nitrogen and oxygen atoms in total. The number of hydrogen-bond acceptors (Lipinski definition) is 5. The number of aliphatic hydroxyl groups excluding tert-OH is 1. The molecule has 1 aliphatic rings. The molecule has 0 spiro atoms. The van der Waals surface area contributed by atoms with Crippen LogP contribution in [0.4, 0.5) is 5.13 Å². The first-order chi connectivity index (χ1) is 17.3. The van der Waals surface area contributed by atoms with E-state index in [9.17, 15) is 14.7 Å². The summed E-state index contributed by atoms with van der Waals surface area (Å²) in [5.74, 6) is -0.940. The summed E-state index contributed by atoms with van der Waals surface area (Å²) < 4.78 is 0.968. The zero-order valence-electron chi connectivity index (χ0n) is 20.6. The van der Waals surface area contributed by atoms with E-state index in [1.54, 1.807) is 0 Å². The Labute approximate surface area is 214 Å². The van der Waals surface area contributed by atoms with Crippen molar-refractivity contribution in [1.29, 1.82) is 0 Å². The Hall–Kier alpha value is -3.77. The number of nitrogens with zero attached hydrogens (tertiary/aromatic N) is 2. The van der Waals surface area contributed by atoms with Crippen molar-refractivity contribution in [2.75, 3.05) is 4.90 Å². The first kappa shape index (κ1) is 23.9. The van der Waals surface area contributed by atoms with Crippen molar-refractivity contribution in [2.45, 2.75) is 45.6 Å². The zero-order valence-corrected chi connectivity index (χ0v) is 21.4. The number of rotatable bonds is 7. The molecule has 0 aliphatic carbocycles. The maximum absolute atomic E-state index is 13.5. The van der Waals surface area contributed by atoms with E-state index in [4.69, 9.17) is 4.98 Å². The number of aryl methyl sites for hydroxylation is 2. The fourth-order valence-corrected chi connectivity index (χ4v) is 5.71. The summed E-state index contributed by atoms with van der Waals surface area (Å²) in [5.41, 5.74) is 4.94. The SMILES string of the molecule is Cc1cccc(C2C(C(=O)CCc3ccccc3)=C(O)C(=O)N2c2nc3ccc(C(C)C)cc3s2)c1. The standard InChI is InChI=1S/C30H28N2O3S/c1-18(2)21-13-14-23-25(17-21)36-30(31-23)32-27(22-11-7-8-19(3)16-22)26(28(34)29(32)35)24(33)15-12-20-9-5-4-6-10-20/h4-11,13-14,16-18,27,34H,12,15H2,1-3H3. The number of benzene rings is 3. The van der Waals surface area contributed by atoms with Crippen LogP contribution in [0.2, 0.25) is 0 Å². The van der Waals surface area contributed by atoms with Crippen LogP contribution in [0.5, 0.6) is 0 Å². The van der Waals surface area contributed by atoms with Crippen LogP contribution in [0.3, 0.4) is 0 Å². The van der Waals surface area contributed by atoms with Gasteiger partial charge in [-0.25, -0.2) is 4.98 Å². The average molecular weight is 497 g/mol. The number of thiazole rings is 1. The van der Waals surface area contributed by atoms with Crippen LogP contribution >= 0.6 is 11.3 Å². The van der Waals surface area contributed by atoms with Crippen molar-refractivity contribution in [2.24, 2.45) is 0 Å². The molecule has 36 heavy (non-hydrogen) atoms. The molecule has 3 aromatic carbocycles. The predicted octanol–water partition coefficient (Wildman–Crippen LogP) is 6.83. The van der Waals surface area contributed by atoms with E-state index in [0.717, 1.165) is 26.9 Å². The molecule has 0 bridgehead atoms. The lowest BCUT2D eigenvalue weighted by molar-refractivity contribution is -0.118. The van der Waals surface area contributed by atoms with Crippen LogP contribution in [0.25, 0.3) is 10.2 Å². The summed E-state index contributed by atoms with van der Waals surface area (Å²) >= 11 is 1.40. The van der Waals surface area contributed by atoms with Crippen molar-refractivity contribution in [3.63, 3.8) is 0 Å². The second-order valence-electron chi connectivity index (χ2n) is 9.54. The molecule has 182 valence electrons. The van der Waals surface area contributed by atoms with Gasteiger partial charge in [0.15, 0.2) is 16.7 Å². The van der Waals surface area contributed by atoms with E-state index >= 15 is 0 Å². The summed E-state index contributed by atoms with van der Waals surface area (Å²) in [6, 6.07) is 22.9. The Balaban J connectivity index is 1.56. The minimum Gasteiger partial charge on any atom is -0.503 e. The van der Waals surface area contributed by atoms with Gasteiger partial charge in [0, 0.05) is 6.42 Å². The molecule has 4 aromatic rings. The van der Waals surface area contributed by atoms with Gasteiger partial charge in [0.1, 0.15) is 0 Å². The molecule has 1 N–H and O–H groups in total. The van der Waals surface area contributed by atoms with Gasteiger partial charge in [-0.1, -0.05) is 91.4 Å². The van der Waals surface area contributed by atoms with Gasteiger partial charge in [-0.2, -0.15) is 0 Å². The van der Waals surface area contributed by atoms with E-state index < -0.39 is 17.7 Å². The smallest absolute Gasteiger partial charge is 0.296 e. The largest absolute Gasteiger partial charge is 0.503 e. The number of carbonyl (C=O) groups excluding carboxylic acids is 2. The van der Waals surface area contributed by atoms with E-state index in [2.05, 4.69) is 26.0 Å². The van der Waals surface area contributed by atoms with Crippen molar-refractivity contribution < 1.29 is 14.7 Å². The third-order valence-corrected chi connectivity index (χ3v) is 7.64. The molecule has 1 aliphatic heterocycles. The summed E-state index contributed by atoms with van der Waals surface area (Å²) in [7, 11) is 0. The van der Waals surface area contributed by atoms with Gasteiger partial charge < -0.3 is 5.11 Å². The molecule has 1 amide bonds.